The number of hydrogen-bond acceptors (Lipinski definition) is 3. The monoisotopic (exact) mass is 265 g/mol. The van der Waals surface area contributed by atoms with Gasteiger partial charge in [-0.1, -0.05) is 0 Å². The van der Waals surface area contributed by atoms with Crippen LogP contribution in [-0.2, 0) is 0 Å². The van der Waals surface area contributed by atoms with Crippen LogP contribution in [0.2, 0.25) is 0 Å². The zero-order valence-corrected chi connectivity index (χ0v) is 11.2. The Bertz CT molecular complexity index is 856. The molecule has 19 heavy (non-hydrogen) atoms. The van der Waals surface area contributed by atoms with Crippen LogP contribution in [0.5, 0.6) is 0 Å². The molecule has 1 N–H and O–H groups in total. The molecule has 0 saturated carbocycles. The van der Waals surface area contributed by atoms with Crippen LogP contribution >= 0.6 is 11.3 Å². The average molecular weight is 265 g/mol. The second kappa shape index (κ2) is 3.90. The molecule has 0 radical (unpaired) electrons. The van der Waals surface area contributed by atoms with Crippen LogP contribution in [-0.4, -0.2) is 15.0 Å². The van der Waals surface area contributed by atoms with E-state index >= 15 is 0 Å². The Morgan fingerprint density at radius 3 is 3.05 bits per heavy atom. The standard InChI is InChI=1S/C15H11N3S/c1-9-2-3-11-12(7-17-15(11)18-9)13-6-10-4-5-16-8-14(10)19-13/h2-8H,1H3,(H,17,18). The highest BCUT2D eigenvalue weighted by Crippen LogP contribution is 2.36. The Kier molecular flexibility index (Phi) is 2.19. The number of H-pyrrole nitrogens is 1. The number of aromatic amines is 1. The second-order valence-corrected chi connectivity index (χ2v) is 5.66. The second-order valence-electron chi connectivity index (χ2n) is 4.58. The summed E-state index contributed by atoms with van der Waals surface area (Å²) in [4.78, 5) is 13.2. The van der Waals surface area contributed by atoms with Crippen molar-refractivity contribution in [3.63, 3.8) is 0 Å². The van der Waals surface area contributed by atoms with Crippen molar-refractivity contribution in [2.75, 3.05) is 0 Å². The van der Waals surface area contributed by atoms with Gasteiger partial charge >= 0.3 is 0 Å². The third kappa shape index (κ3) is 1.64. The van der Waals surface area contributed by atoms with Crippen LogP contribution in [0.3, 0.4) is 0 Å². The molecule has 0 spiro atoms. The van der Waals surface area contributed by atoms with Gasteiger partial charge in [-0.15, -0.1) is 11.3 Å². The average Bonchev–Trinajstić information content (AvgIpc) is 3.00. The maximum atomic E-state index is 4.51. The maximum absolute atomic E-state index is 4.51. The van der Waals surface area contributed by atoms with Crippen LogP contribution in [0, 0.1) is 6.92 Å². The molecule has 4 aromatic heterocycles. The van der Waals surface area contributed by atoms with E-state index in [4.69, 9.17) is 0 Å². The predicted octanol–water partition coefficient (Wildman–Crippen LogP) is 4.15. The Balaban J connectivity index is 1.98. The number of rotatable bonds is 1. The van der Waals surface area contributed by atoms with Crippen LogP contribution in [0.1, 0.15) is 5.69 Å². The van der Waals surface area contributed by atoms with Crippen LogP contribution in [0.15, 0.2) is 42.9 Å². The molecule has 0 bridgehead atoms. The number of hydrogen-bond donors (Lipinski definition) is 1. The summed E-state index contributed by atoms with van der Waals surface area (Å²) in [6.07, 6.45) is 5.79. The van der Waals surface area contributed by atoms with Gasteiger partial charge in [0, 0.05) is 40.1 Å². The summed E-state index contributed by atoms with van der Waals surface area (Å²) < 4.78 is 1.21. The molecule has 0 aromatic carbocycles. The zero-order chi connectivity index (χ0) is 12.8. The van der Waals surface area contributed by atoms with Gasteiger partial charge in [0.15, 0.2) is 0 Å². The van der Waals surface area contributed by atoms with Crippen molar-refractivity contribution < 1.29 is 0 Å². The number of nitrogens with one attached hydrogen (secondary N) is 1. The van der Waals surface area contributed by atoms with E-state index in [1.54, 1.807) is 11.3 Å². The van der Waals surface area contributed by atoms with E-state index < -0.39 is 0 Å². The lowest BCUT2D eigenvalue weighted by atomic mass is 10.1. The Morgan fingerprint density at radius 2 is 2.16 bits per heavy atom. The number of pyridine rings is 2. The quantitative estimate of drug-likeness (QED) is 0.561. The SMILES string of the molecule is Cc1ccc2c(-c3cc4ccncc4s3)c[nH]c2n1. The van der Waals surface area contributed by atoms with Crippen molar-refractivity contribution in [3.05, 3.63) is 48.5 Å². The molecule has 0 aliphatic rings. The first-order valence-corrected chi connectivity index (χ1v) is 6.91. The van der Waals surface area contributed by atoms with E-state index in [0.717, 1.165) is 11.3 Å². The smallest absolute Gasteiger partial charge is 0.138 e. The van der Waals surface area contributed by atoms with E-state index in [0.29, 0.717) is 0 Å². The van der Waals surface area contributed by atoms with E-state index in [-0.39, 0.29) is 0 Å². The lowest BCUT2D eigenvalue weighted by Gasteiger charge is -1.95. The fourth-order valence-electron chi connectivity index (χ4n) is 2.32. The Labute approximate surface area is 114 Å². The van der Waals surface area contributed by atoms with Gasteiger partial charge in [-0.2, -0.15) is 0 Å². The van der Waals surface area contributed by atoms with Crippen molar-refractivity contribution >= 4 is 32.5 Å². The third-order valence-electron chi connectivity index (χ3n) is 3.27. The molecule has 3 nitrogen and oxygen atoms in total. The number of aryl methyl sites for hydroxylation is 1. The van der Waals surface area contributed by atoms with Crippen molar-refractivity contribution in [1.29, 1.82) is 0 Å². The minimum atomic E-state index is 0.950. The molecule has 0 saturated heterocycles. The summed E-state index contributed by atoms with van der Waals surface area (Å²) in [5.41, 5.74) is 3.19. The number of aromatic nitrogens is 3. The molecular weight excluding hydrogens is 254 g/mol. The third-order valence-corrected chi connectivity index (χ3v) is 4.39. The Morgan fingerprint density at radius 1 is 1.21 bits per heavy atom. The lowest BCUT2D eigenvalue weighted by Crippen LogP contribution is -1.80. The van der Waals surface area contributed by atoms with Gasteiger partial charge in [-0.05, 0) is 36.6 Å². The molecular formula is C15H11N3S. The van der Waals surface area contributed by atoms with Crippen LogP contribution in [0.4, 0.5) is 0 Å². The van der Waals surface area contributed by atoms with Gasteiger partial charge in [0.1, 0.15) is 5.65 Å². The normalized spacial score (nSPS) is 11.4. The van der Waals surface area contributed by atoms with Gasteiger partial charge in [0.25, 0.3) is 0 Å². The molecule has 4 heterocycles. The summed E-state index contributed by atoms with van der Waals surface area (Å²) in [6, 6.07) is 8.44. The highest BCUT2D eigenvalue weighted by Gasteiger charge is 2.10. The highest BCUT2D eigenvalue weighted by atomic mass is 32.1. The van der Waals surface area contributed by atoms with Crippen LogP contribution in [0.25, 0.3) is 31.6 Å². The summed E-state index contributed by atoms with van der Waals surface area (Å²) in [5, 5.41) is 2.41. The molecule has 0 aliphatic carbocycles. The lowest BCUT2D eigenvalue weighted by molar-refractivity contribution is 1.22. The maximum Gasteiger partial charge on any atom is 0.138 e. The minimum absolute atomic E-state index is 0.950. The van der Waals surface area contributed by atoms with E-state index in [1.807, 2.05) is 31.6 Å². The molecule has 0 aliphatic heterocycles. The Hall–Kier alpha value is -2.20. The predicted molar refractivity (Wildman–Crippen MR) is 79.4 cm³/mol. The van der Waals surface area contributed by atoms with Gasteiger partial charge in [0.2, 0.25) is 0 Å². The first-order valence-electron chi connectivity index (χ1n) is 6.10. The van der Waals surface area contributed by atoms with Gasteiger partial charge < -0.3 is 4.98 Å². The van der Waals surface area contributed by atoms with Crippen molar-refractivity contribution in [2.24, 2.45) is 0 Å². The molecule has 4 rings (SSSR count). The van der Waals surface area contributed by atoms with Gasteiger partial charge in [-0.25, -0.2) is 4.98 Å². The van der Waals surface area contributed by atoms with Gasteiger partial charge in [0.05, 0.1) is 4.70 Å². The van der Waals surface area contributed by atoms with Gasteiger partial charge in [-0.3, -0.25) is 4.98 Å². The number of fused-ring (bicyclic) bond motifs is 2. The molecule has 4 heteroatoms. The minimum Gasteiger partial charge on any atom is -0.345 e. The topological polar surface area (TPSA) is 41.6 Å². The number of nitrogens with zero attached hydrogens (tertiary/aromatic N) is 2. The molecule has 0 amide bonds. The fourth-order valence-corrected chi connectivity index (χ4v) is 3.38. The summed E-state index contributed by atoms with van der Waals surface area (Å²) in [7, 11) is 0. The molecule has 0 fully saturated rings. The van der Waals surface area contributed by atoms with Crippen molar-refractivity contribution in [3.8, 4) is 10.4 Å². The molecule has 4 aromatic rings. The highest BCUT2D eigenvalue weighted by molar-refractivity contribution is 7.22. The molecule has 92 valence electrons. The van der Waals surface area contributed by atoms with E-state index in [1.165, 1.54) is 25.9 Å². The van der Waals surface area contributed by atoms with Crippen molar-refractivity contribution in [1.82, 2.24) is 15.0 Å². The first kappa shape index (κ1) is 10.7. The zero-order valence-electron chi connectivity index (χ0n) is 10.3. The molecule has 0 unspecified atom stereocenters. The summed E-state index contributed by atoms with van der Waals surface area (Å²) in [5.74, 6) is 0. The fraction of sp³-hybridized carbons (Fsp3) is 0.0667. The summed E-state index contributed by atoms with van der Waals surface area (Å²) >= 11 is 1.76. The van der Waals surface area contributed by atoms with E-state index in [9.17, 15) is 0 Å². The van der Waals surface area contributed by atoms with E-state index in [2.05, 4.69) is 33.2 Å². The summed E-state index contributed by atoms with van der Waals surface area (Å²) in [6.45, 7) is 2.01. The van der Waals surface area contributed by atoms with Crippen molar-refractivity contribution in [2.45, 2.75) is 6.92 Å². The largest absolute Gasteiger partial charge is 0.345 e. The first-order chi connectivity index (χ1) is 9.31. The van der Waals surface area contributed by atoms with Crippen LogP contribution < -0.4 is 0 Å². The number of thiophene rings is 1. The molecule has 0 atom stereocenters.